The number of rotatable bonds is 9. The number of allylic oxidation sites excluding steroid dienone is 2. The van der Waals surface area contributed by atoms with Gasteiger partial charge in [0.15, 0.2) is 0 Å². The molecule has 3 aliphatic carbocycles. The molecular weight excluding hydrogens is 761 g/mol. The second kappa shape index (κ2) is 15.6. The van der Waals surface area contributed by atoms with Crippen molar-refractivity contribution in [3.05, 3.63) is 77.3 Å². The maximum atomic E-state index is 14.9. The van der Waals surface area contributed by atoms with Crippen LogP contribution in [-0.4, -0.2) is 61.0 Å². The molecule has 0 spiro atoms. The number of nitrogens with zero attached hydrogens (tertiary/aromatic N) is 3. The van der Waals surface area contributed by atoms with E-state index in [1.807, 2.05) is 73.0 Å². The molecule has 57 heavy (non-hydrogen) atoms. The van der Waals surface area contributed by atoms with Crippen LogP contribution >= 0.6 is 11.3 Å². The number of ether oxygens (including phenoxy) is 2. The second-order valence-electron chi connectivity index (χ2n) is 16.5. The molecule has 3 heterocycles. The molecule has 3 saturated carbocycles. The average Bonchev–Trinajstić information content (AvgIpc) is 4.07. The predicted molar refractivity (Wildman–Crippen MR) is 221 cm³/mol. The quantitative estimate of drug-likeness (QED) is 0.167. The summed E-state index contributed by atoms with van der Waals surface area (Å²) in [6.45, 7) is 6.66. The van der Waals surface area contributed by atoms with Gasteiger partial charge in [0, 0.05) is 47.0 Å². The molecule has 2 aromatic heterocycles. The van der Waals surface area contributed by atoms with Gasteiger partial charge in [-0.2, -0.15) is 0 Å². The summed E-state index contributed by atoms with van der Waals surface area (Å²) in [6, 6.07) is 15.3. The summed E-state index contributed by atoms with van der Waals surface area (Å²) in [5, 5.41) is 3.01. The molecule has 1 aliphatic heterocycles. The van der Waals surface area contributed by atoms with Crippen molar-refractivity contribution < 1.29 is 32.3 Å². The molecule has 2 amide bonds. The van der Waals surface area contributed by atoms with Crippen LogP contribution in [-0.2, 0) is 24.4 Å². The lowest BCUT2D eigenvalue weighted by atomic mass is 9.83. The van der Waals surface area contributed by atoms with Crippen LogP contribution in [0.3, 0.4) is 0 Å². The molecule has 4 aliphatic rings. The van der Waals surface area contributed by atoms with E-state index in [0.717, 1.165) is 46.6 Å². The number of anilines is 1. The second-order valence-corrected chi connectivity index (χ2v) is 19.3. The van der Waals surface area contributed by atoms with E-state index in [4.69, 9.17) is 19.4 Å². The molecular formula is C44H50N4O7S2. The van der Waals surface area contributed by atoms with Crippen molar-refractivity contribution >= 4 is 55.5 Å². The van der Waals surface area contributed by atoms with Crippen molar-refractivity contribution in [1.82, 2.24) is 14.7 Å². The van der Waals surface area contributed by atoms with Gasteiger partial charge in [-0.1, -0.05) is 44.2 Å². The number of aromatic nitrogens is 2. The molecule has 8 rings (SSSR count). The SMILES string of the molecule is COc1ccc2c(O[C@@H]3C[C@H]4C(=O)C[C@]5(C(=O)NS(=O)(=O)C6CC6)C[C@H]5/C=C\CCCCN(c5ccccc5)C(=O)[C@@H]4C3)cc(-c3nc(C(C)C)cs3)nc2c1C. The molecule has 11 nitrogen and oxygen atoms in total. The van der Waals surface area contributed by atoms with Gasteiger partial charge in [-0.3, -0.25) is 19.1 Å². The van der Waals surface area contributed by atoms with Crippen LogP contribution in [0.15, 0.2) is 66.1 Å². The summed E-state index contributed by atoms with van der Waals surface area (Å²) in [6.07, 6.45) is 7.65. The van der Waals surface area contributed by atoms with E-state index in [0.29, 0.717) is 54.9 Å². The number of fused-ring (bicyclic) bond motifs is 3. The molecule has 0 unspecified atom stereocenters. The largest absolute Gasteiger partial charge is 0.496 e. The highest BCUT2D eigenvalue weighted by molar-refractivity contribution is 7.90. The summed E-state index contributed by atoms with van der Waals surface area (Å²) < 4.78 is 40.8. The number of ketones is 1. The predicted octanol–water partition coefficient (Wildman–Crippen LogP) is 7.92. The number of sulfonamides is 1. The summed E-state index contributed by atoms with van der Waals surface area (Å²) in [5.74, 6) is -1.18. The van der Waals surface area contributed by atoms with Gasteiger partial charge >= 0.3 is 0 Å². The fourth-order valence-corrected chi connectivity index (χ4v) is 10.9. The minimum absolute atomic E-state index is 0.148. The standard InChI is InChI=1S/C44H50N4O7S2/c1-26(2)36-25-56-41(46-36)35-22-39(32-17-18-38(54-4)27(3)40(32)45-35)55-30-20-33-34(21-30)42(50)48(29-13-9-7-10-14-29)19-11-6-5-8-12-28-23-44(28,24-37(33)49)43(51)47-57(52,53)31-15-16-31/h7-10,12-14,17-18,22,25-26,28,30-31,33-34H,5-6,11,15-16,19-21,23-24H2,1-4H3,(H,47,51)/b12-8-/t28-,30-,33-,34-,44-/m1/s1. The van der Waals surface area contributed by atoms with Crippen LogP contribution in [0, 0.1) is 30.1 Å². The number of hydrogen-bond acceptors (Lipinski definition) is 10. The first kappa shape index (κ1) is 39.2. The van der Waals surface area contributed by atoms with E-state index in [-0.39, 0.29) is 36.4 Å². The number of carbonyl (C=O) groups excluding carboxylic acids is 3. The summed E-state index contributed by atoms with van der Waals surface area (Å²) >= 11 is 1.52. The zero-order valence-corrected chi connectivity index (χ0v) is 34.5. The first-order chi connectivity index (χ1) is 27.4. The Bertz CT molecular complexity index is 2340. The molecule has 1 N–H and O–H groups in total. The maximum absolute atomic E-state index is 14.9. The van der Waals surface area contributed by atoms with Crippen LogP contribution in [0.1, 0.15) is 88.8 Å². The fourth-order valence-electron chi connectivity index (χ4n) is 8.60. The number of aryl methyl sites for hydroxylation is 1. The van der Waals surface area contributed by atoms with Crippen molar-refractivity contribution in [1.29, 1.82) is 0 Å². The Morgan fingerprint density at radius 3 is 2.51 bits per heavy atom. The average molecular weight is 811 g/mol. The molecule has 0 saturated heterocycles. The number of benzene rings is 2. The lowest BCUT2D eigenvalue weighted by molar-refractivity contribution is -0.134. The van der Waals surface area contributed by atoms with Crippen molar-refractivity contribution in [2.75, 3.05) is 18.6 Å². The first-order valence-corrected chi connectivity index (χ1v) is 22.5. The molecule has 5 atom stereocenters. The number of para-hydroxylation sites is 1. The minimum atomic E-state index is -3.82. The highest BCUT2D eigenvalue weighted by Crippen LogP contribution is 2.58. The van der Waals surface area contributed by atoms with Gasteiger partial charge < -0.3 is 14.4 Å². The zero-order chi connectivity index (χ0) is 40.1. The Labute approximate surface area is 338 Å². The number of methoxy groups -OCH3 is 1. The molecule has 3 fully saturated rings. The lowest BCUT2D eigenvalue weighted by Crippen LogP contribution is -2.43. The summed E-state index contributed by atoms with van der Waals surface area (Å²) in [7, 11) is -2.19. The van der Waals surface area contributed by atoms with Gasteiger partial charge in [-0.15, -0.1) is 11.3 Å². The van der Waals surface area contributed by atoms with Gasteiger partial charge in [0.25, 0.3) is 0 Å². The van der Waals surface area contributed by atoms with Crippen LogP contribution in [0.25, 0.3) is 21.6 Å². The van der Waals surface area contributed by atoms with Crippen molar-refractivity contribution in [3.8, 4) is 22.2 Å². The monoisotopic (exact) mass is 810 g/mol. The molecule has 13 heteroatoms. The van der Waals surface area contributed by atoms with Gasteiger partial charge in [-0.25, -0.2) is 18.4 Å². The van der Waals surface area contributed by atoms with Gasteiger partial charge in [0.05, 0.1) is 34.9 Å². The van der Waals surface area contributed by atoms with Crippen LogP contribution in [0.2, 0.25) is 0 Å². The molecule has 4 aromatic rings. The van der Waals surface area contributed by atoms with Gasteiger partial charge in [-0.05, 0) is 94.4 Å². The maximum Gasteiger partial charge on any atom is 0.240 e. The van der Waals surface area contributed by atoms with Crippen LogP contribution in [0.4, 0.5) is 5.69 Å². The van der Waals surface area contributed by atoms with E-state index in [2.05, 4.69) is 18.6 Å². The molecule has 300 valence electrons. The lowest BCUT2D eigenvalue weighted by Gasteiger charge is -2.29. The third-order valence-corrected chi connectivity index (χ3v) is 14.9. The molecule has 0 radical (unpaired) electrons. The number of thiazole rings is 1. The molecule has 2 aromatic carbocycles. The van der Waals surface area contributed by atoms with Crippen molar-refractivity contribution in [2.24, 2.45) is 23.2 Å². The third kappa shape index (κ3) is 7.84. The number of hydrogen-bond donors (Lipinski definition) is 1. The van der Waals surface area contributed by atoms with Crippen molar-refractivity contribution in [3.63, 3.8) is 0 Å². The first-order valence-electron chi connectivity index (χ1n) is 20.1. The fraction of sp³-hybridized carbons (Fsp3) is 0.477. The Hall–Kier alpha value is -4.62. The Morgan fingerprint density at radius 1 is 1.02 bits per heavy atom. The van der Waals surface area contributed by atoms with Crippen molar-refractivity contribution in [2.45, 2.75) is 95.8 Å². The number of carbonyl (C=O) groups is 3. The Balaban J connectivity index is 1.16. The normalized spacial score (nSPS) is 26.1. The third-order valence-electron chi connectivity index (χ3n) is 12.2. The van der Waals surface area contributed by atoms with Gasteiger partial charge in [0.2, 0.25) is 21.8 Å². The van der Waals surface area contributed by atoms with Crippen LogP contribution < -0.4 is 19.1 Å². The van der Waals surface area contributed by atoms with Gasteiger partial charge in [0.1, 0.15) is 34.1 Å². The highest BCUT2D eigenvalue weighted by atomic mass is 32.2. The highest BCUT2D eigenvalue weighted by Gasteiger charge is 2.62. The Kier molecular flexibility index (Phi) is 10.7. The number of pyridine rings is 1. The van der Waals surface area contributed by atoms with E-state index < -0.39 is 44.5 Å². The van der Waals surface area contributed by atoms with E-state index in [9.17, 15) is 22.8 Å². The molecule has 0 bridgehead atoms. The van der Waals surface area contributed by atoms with E-state index in [1.165, 1.54) is 11.3 Å². The summed E-state index contributed by atoms with van der Waals surface area (Å²) in [4.78, 5) is 55.2. The number of nitrogens with one attached hydrogen (secondary N) is 1. The smallest absolute Gasteiger partial charge is 0.240 e. The van der Waals surface area contributed by atoms with E-state index in [1.54, 1.807) is 12.0 Å². The topological polar surface area (TPSA) is 145 Å². The van der Waals surface area contributed by atoms with E-state index >= 15 is 0 Å². The number of amides is 2. The Morgan fingerprint density at radius 2 is 1.79 bits per heavy atom. The zero-order valence-electron chi connectivity index (χ0n) is 32.9. The minimum Gasteiger partial charge on any atom is -0.496 e. The van der Waals surface area contributed by atoms with Crippen LogP contribution in [0.5, 0.6) is 11.5 Å². The number of Topliss-reactive ketones (excluding diaryl/α,β-unsaturated/α-hetero) is 1. The summed E-state index contributed by atoms with van der Waals surface area (Å²) in [5.41, 5.74) is 2.79.